The highest BCUT2D eigenvalue weighted by molar-refractivity contribution is 6.09. The predicted octanol–water partition coefficient (Wildman–Crippen LogP) is 17.5. The number of aromatic nitrogens is 2. The highest BCUT2D eigenvalue weighted by Gasteiger charge is 2.34. The number of pyridine rings is 1. The van der Waals surface area contributed by atoms with E-state index in [1.165, 1.54) is 55.7 Å². The van der Waals surface area contributed by atoms with Gasteiger partial charge in [-0.25, -0.2) is 4.98 Å². The molecular formula is C67H64N4O. The van der Waals surface area contributed by atoms with Crippen molar-refractivity contribution in [1.29, 1.82) is 0 Å². The number of hydrogen-bond acceptors (Lipinski definition) is 4. The number of ether oxygens (including phenoxy) is 1. The van der Waals surface area contributed by atoms with Gasteiger partial charge in [0.25, 0.3) is 0 Å². The molecule has 0 radical (unpaired) electrons. The minimum Gasteiger partial charge on any atom is -0.457 e. The number of fused-ring (bicyclic) bond motifs is 4. The van der Waals surface area contributed by atoms with Gasteiger partial charge in [-0.1, -0.05) is 190 Å². The Morgan fingerprint density at radius 2 is 0.875 bits per heavy atom. The van der Waals surface area contributed by atoms with E-state index in [0.717, 1.165) is 45.1 Å². The quantitative estimate of drug-likeness (QED) is 0.129. The first-order valence-electron chi connectivity index (χ1n) is 25.4. The van der Waals surface area contributed by atoms with Crippen LogP contribution in [0.1, 0.15) is 101 Å². The van der Waals surface area contributed by atoms with Gasteiger partial charge in [-0.15, -0.1) is 0 Å². The lowest BCUT2D eigenvalue weighted by atomic mass is 9.73. The van der Waals surface area contributed by atoms with Crippen LogP contribution in [0.3, 0.4) is 0 Å². The van der Waals surface area contributed by atoms with Crippen molar-refractivity contribution in [2.24, 2.45) is 0 Å². The third-order valence-corrected chi connectivity index (χ3v) is 15.6. The molecule has 0 N–H and O–H groups in total. The first-order valence-corrected chi connectivity index (χ1v) is 25.4. The average molecular weight is 941 g/mol. The van der Waals surface area contributed by atoms with Gasteiger partial charge >= 0.3 is 0 Å². The lowest BCUT2D eigenvalue weighted by molar-refractivity contribution is 0.483. The molecule has 2 aromatic heterocycles. The fourth-order valence-electron chi connectivity index (χ4n) is 10.8. The highest BCUT2D eigenvalue weighted by atomic mass is 16.5. The SMILES string of the molecule is CC(C)(C)c1ccnc(-n2c3cc(Oc4cccc(N5CN(c6cc(C(C)(C)c7ccccc7)cc(C(C)(C)c7ccccc7)c6)c6ccccc65)c4)ccc3c3ccc(C(C)(C)c4ccccc4)cc32)c1. The van der Waals surface area contributed by atoms with Crippen LogP contribution >= 0.6 is 0 Å². The lowest BCUT2D eigenvalue weighted by Crippen LogP contribution is -2.27. The first kappa shape index (κ1) is 46.5. The predicted molar refractivity (Wildman–Crippen MR) is 302 cm³/mol. The zero-order valence-corrected chi connectivity index (χ0v) is 43.1. The maximum Gasteiger partial charge on any atom is 0.137 e. The van der Waals surface area contributed by atoms with Crippen molar-refractivity contribution >= 4 is 44.6 Å². The Bertz CT molecular complexity index is 3530. The zero-order chi connectivity index (χ0) is 50.0. The van der Waals surface area contributed by atoms with Crippen molar-refractivity contribution in [3.8, 4) is 17.3 Å². The third-order valence-electron chi connectivity index (χ3n) is 15.6. The van der Waals surface area contributed by atoms with Gasteiger partial charge in [0.2, 0.25) is 0 Å². The van der Waals surface area contributed by atoms with Crippen molar-refractivity contribution < 1.29 is 4.74 Å². The third kappa shape index (κ3) is 8.31. The highest BCUT2D eigenvalue weighted by Crippen LogP contribution is 2.48. The van der Waals surface area contributed by atoms with Crippen LogP contribution in [0.2, 0.25) is 0 Å². The van der Waals surface area contributed by atoms with E-state index in [-0.39, 0.29) is 21.7 Å². The summed E-state index contributed by atoms with van der Waals surface area (Å²) in [6, 6.07) is 74.9. The molecule has 5 nitrogen and oxygen atoms in total. The summed E-state index contributed by atoms with van der Waals surface area (Å²) in [4.78, 5) is 9.91. The number of para-hydroxylation sites is 2. The number of nitrogens with zero attached hydrogens (tertiary/aromatic N) is 4. The topological polar surface area (TPSA) is 33.5 Å². The Morgan fingerprint density at radius 1 is 0.375 bits per heavy atom. The molecule has 0 spiro atoms. The van der Waals surface area contributed by atoms with Gasteiger partial charge in [-0.05, 0) is 111 Å². The fourth-order valence-corrected chi connectivity index (χ4v) is 10.8. The minimum atomic E-state index is -0.240. The summed E-state index contributed by atoms with van der Waals surface area (Å²) < 4.78 is 9.23. The summed E-state index contributed by atoms with van der Waals surface area (Å²) in [6.45, 7) is 21.4. The van der Waals surface area contributed by atoms with E-state index in [4.69, 9.17) is 9.72 Å². The fraction of sp³-hybridized carbons (Fsp3) is 0.209. The van der Waals surface area contributed by atoms with Gasteiger partial charge in [0, 0.05) is 56.7 Å². The Labute approximate surface area is 426 Å². The standard InChI is InChI=1S/C67H64N4O/c1-64(2,3)49-36-37-68-63(42-49)71-61-41-50(65(4,5)46-22-13-10-14-23-46)32-34-57(61)58-35-33-56(44-62(58)71)72-55-29-21-28-53(43-55)69-45-70(60-31-20-19-30-59(60)69)54-39-51(66(6,7)47-24-15-11-16-25-47)38-52(40-54)67(8,9)48-26-17-12-18-27-48/h10-44H,45H2,1-9H3. The van der Waals surface area contributed by atoms with Crippen LogP contribution in [0.25, 0.3) is 27.6 Å². The van der Waals surface area contributed by atoms with E-state index in [2.05, 4.69) is 283 Å². The second kappa shape index (κ2) is 17.8. The molecule has 8 aromatic carbocycles. The van der Waals surface area contributed by atoms with Gasteiger partial charge < -0.3 is 14.5 Å². The van der Waals surface area contributed by atoms with Crippen LogP contribution in [0.15, 0.2) is 212 Å². The largest absolute Gasteiger partial charge is 0.457 e. The van der Waals surface area contributed by atoms with Gasteiger partial charge in [0.1, 0.15) is 24.0 Å². The Morgan fingerprint density at radius 3 is 1.44 bits per heavy atom. The average Bonchev–Trinajstić information content (AvgIpc) is 3.95. The molecule has 0 aliphatic carbocycles. The van der Waals surface area contributed by atoms with Gasteiger partial charge in [0.15, 0.2) is 0 Å². The molecule has 3 heterocycles. The molecule has 0 fully saturated rings. The maximum atomic E-state index is 6.90. The molecule has 0 atom stereocenters. The van der Waals surface area contributed by atoms with Gasteiger partial charge in [-0.3, -0.25) is 4.57 Å². The number of benzene rings is 8. The lowest BCUT2D eigenvalue weighted by Gasteiger charge is -2.33. The molecule has 0 amide bonds. The Kier molecular flexibility index (Phi) is 11.5. The second-order valence-electron chi connectivity index (χ2n) is 22.2. The molecular weight excluding hydrogens is 877 g/mol. The van der Waals surface area contributed by atoms with Crippen LogP contribution in [-0.2, 0) is 21.7 Å². The van der Waals surface area contributed by atoms with Crippen molar-refractivity contribution in [3.05, 3.63) is 251 Å². The number of hydrogen-bond donors (Lipinski definition) is 0. The molecule has 0 saturated carbocycles. The monoisotopic (exact) mass is 941 g/mol. The van der Waals surface area contributed by atoms with Crippen LogP contribution in [0.5, 0.6) is 11.5 Å². The molecule has 0 bridgehead atoms. The Hall–Kier alpha value is -7.89. The van der Waals surface area contributed by atoms with Crippen molar-refractivity contribution in [2.75, 3.05) is 16.5 Å². The zero-order valence-electron chi connectivity index (χ0n) is 43.1. The summed E-state index contributed by atoms with van der Waals surface area (Å²) in [5.74, 6) is 2.41. The Balaban J connectivity index is 0.970. The molecule has 358 valence electrons. The first-order chi connectivity index (χ1) is 34.6. The molecule has 72 heavy (non-hydrogen) atoms. The summed E-state index contributed by atoms with van der Waals surface area (Å²) in [5, 5.41) is 2.33. The number of rotatable bonds is 11. The summed E-state index contributed by atoms with van der Waals surface area (Å²) in [5.41, 5.74) is 14.8. The van der Waals surface area contributed by atoms with E-state index in [1.807, 2.05) is 6.20 Å². The van der Waals surface area contributed by atoms with E-state index >= 15 is 0 Å². The van der Waals surface area contributed by atoms with Crippen molar-refractivity contribution in [1.82, 2.24) is 9.55 Å². The summed E-state index contributed by atoms with van der Waals surface area (Å²) >= 11 is 0. The normalized spacial score (nSPS) is 13.2. The van der Waals surface area contributed by atoms with Crippen LogP contribution in [-0.4, -0.2) is 16.2 Å². The molecule has 11 rings (SSSR count). The minimum absolute atomic E-state index is 0.0470. The molecule has 10 aromatic rings. The van der Waals surface area contributed by atoms with Gasteiger partial charge in [0.05, 0.1) is 22.4 Å². The van der Waals surface area contributed by atoms with E-state index in [1.54, 1.807) is 0 Å². The van der Waals surface area contributed by atoms with E-state index in [9.17, 15) is 0 Å². The van der Waals surface area contributed by atoms with Crippen LogP contribution < -0.4 is 14.5 Å². The molecule has 0 saturated heterocycles. The molecule has 5 heteroatoms. The second-order valence-corrected chi connectivity index (χ2v) is 22.2. The number of anilines is 4. The van der Waals surface area contributed by atoms with Crippen LogP contribution in [0, 0.1) is 0 Å². The molecule has 1 aliphatic heterocycles. The van der Waals surface area contributed by atoms with Crippen molar-refractivity contribution in [3.63, 3.8) is 0 Å². The maximum absolute atomic E-state index is 6.90. The summed E-state index contributed by atoms with van der Waals surface area (Å²) in [7, 11) is 0. The molecule has 1 aliphatic rings. The summed E-state index contributed by atoms with van der Waals surface area (Å²) in [6.07, 6.45) is 1.95. The van der Waals surface area contributed by atoms with E-state index in [0.29, 0.717) is 6.67 Å². The van der Waals surface area contributed by atoms with Crippen LogP contribution in [0.4, 0.5) is 22.7 Å². The smallest absolute Gasteiger partial charge is 0.137 e. The van der Waals surface area contributed by atoms with Crippen molar-refractivity contribution in [2.45, 2.75) is 84.0 Å². The molecule has 0 unspecified atom stereocenters. The van der Waals surface area contributed by atoms with E-state index < -0.39 is 0 Å². The van der Waals surface area contributed by atoms with Gasteiger partial charge in [-0.2, -0.15) is 0 Å².